The molecule has 0 aromatic heterocycles. The first-order valence-electron chi connectivity index (χ1n) is 28.3. The van der Waals surface area contributed by atoms with E-state index in [1.807, 2.05) is 6.08 Å². The SMILES string of the molecule is CCCCCCCC/C=C\CCCCCCCC(=O)OCCCCCC/C=C\CCCCCCCCCC(=O)NC(CO)C(O)/C=C/CCCCCCCCCCCCCCCCC. The predicted octanol–water partition coefficient (Wildman–Crippen LogP) is 17.2. The number of aliphatic hydroxyl groups is 2. The van der Waals surface area contributed by atoms with Gasteiger partial charge in [0.1, 0.15) is 0 Å². The average Bonchev–Trinajstić information content (AvgIpc) is 3.29. The van der Waals surface area contributed by atoms with Crippen LogP contribution in [0.3, 0.4) is 0 Å². The van der Waals surface area contributed by atoms with Gasteiger partial charge >= 0.3 is 5.97 Å². The van der Waals surface area contributed by atoms with Gasteiger partial charge in [0.15, 0.2) is 0 Å². The van der Waals surface area contributed by atoms with E-state index in [-0.39, 0.29) is 18.5 Å². The van der Waals surface area contributed by atoms with E-state index < -0.39 is 12.1 Å². The lowest BCUT2D eigenvalue weighted by Crippen LogP contribution is -2.45. The van der Waals surface area contributed by atoms with Crippen LogP contribution in [0.25, 0.3) is 0 Å². The predicted molar refractivity (Wildman–Crippen MR) is 278 cm³/mol. The van der Waals surface area contributed by atoms with Gasteiger partial charge in [0.2, 0.25) is 5.91 Å². The van der Waals surface area contributed by atoms with Gasteiger partial charge < -0.3 is 20.3 Å². The molecule has 2 atom stereocenters. The number of amides is 1. The molecule has 0 aromatic rings. The van der Waals surface area contributed by atoms with Crippen molar-refractivity contribution in [2.75, 3.05) is 13.2 Å². The summed E-state index contributed by atoms with van der Waals surface area (Å²) in [4.78, 5) is 24.5. The first-order chi connectivity index (χ1) is 31.5. The number of hydrogen-bond acceptors (Lipinski definition) is 5. The van der Waals surface area contributed by atoms with E-state index >= 15 is 0 Å². The van der Waals surface area contributed by atoms with E-state index in [2.05, 4.69) is 43.5 Å². The van der Waals surface area contributed by atoms with E-state index in [0.29, 0.717) is 19.4 Å². The number of esters is 1. The van der Waals surface area contributed by atoms with Gasteiger partial charge in [-0.05, 0) is 83.5 Å². The third-order valence-corrected chi connectivity index (χ3v) is 12.9. The summed E-state index contributed by atoms with van der Waals surface area (Å²) in [6.07, 6.45) is 65.8. The fraction of sp³-hybridized carbons (Fsp3) is 0.862. The number of carbonyl (C=O) groups excluding carboxylic acids is 2. The van der Waals surface area contributed by atoms with Crippen LogP contribution in [-0.2, 0) is 14.3 Å². The van der Waals surface area contributed by atoms with Gasteiger partial charge in [0.05, 0.1) is 25.4 Å². The van der Waals surface area contributed by atoms with E-state index in [4.69, 9.17) is 4.74 Å². The topological polar surface area (TPSA) is 95.9 Å². The highest BCUT2D eigenvalue weighted by Crippen LogP contribution is 2.16. The summed E-state index contributed by atoms with van der Waals surface area (Å²) < 4.78 is 5.46. The molecular formula is C58H109NO5. The molecule has 3 N–H and O–H groups in total. The number of nitrogens with one attached hydrogen (secondary N) is 1. The Morgan fingerprint density at radius 2 is 0.734 bits per heavy atom. The first-order valence-corrected chi connectivity index (χ1v) is 28.3. The molecule has 1 amide bonds. The molecule has 0 saturated carbocycles. The largest absolute Gasteiger partial charge is 0.466 e. The Bertz CT molecular complexity index is 1040. The minimum absolute atomic E-state index is 0.0193. The molecule has 0 aliphatic rings. The van der Waals surface area contributed by atoms with Crippen LogP contribution in [0.5, 0.6) is 0 Å². The van der Waals surface area contributed by atoms with Crippen molar-refractivity contribution < 1.29 is 24.5 Å². The van der Waals surface area contributed by atoms with Crippen molar-refractivity contribution >= 4 is 11.9 Å². The highest BCUT2D eigenvalue weighted by atomic mass is 16.5. The zero-order valence-corrected chi connectivity index (χ0v) is 42.8. The fourth-order valence-electron chi connectivity index (χ4n) is 8.50. The Labute approximate surface area is 398 Å². The van der Waals surface area contributed by atoms with E-state index in [0.717, 1.165) is 70.6 Å². The van der Waals surface area contributed by atoms with Gasteiger partial charge in [-0.2, -0.15) is 0 Å². The summed E-state index contributed by atoms with van der Waals surface area (Å²) in [7, 11) is 0. The van der Waals surface area contributed by atoms with Gasteiger partial charge in [-0.25, -0.2) is 0 Å². The molecule has 0 aliphatic carbocycles. The lowest BCUT2D eigenvalue weighted by molar-refractivity contribution is -0.143. The number of rotatable bonds is 52. The smallest absolute Gasteiger partial charge is 0.305 e. The molecule has 0 radical (unpaired) electrons. The zero-order valence-electron chi connectivity index (χ0n) is 42.8. The van der Waals surface area contributed by atoms with Crippen LogP contribution in [0.1, 0.15) is 296 Å². The second-order valence-corrected chi connectivity index (χ2v) is 19.3. The molecule has 0 spiro atoms. The maximum absolute atomic E-state index is 12.5. The summed E-state index contributed by atoms with van der Waals surface area (Å²) in [5, 5.41) is 23.1. The third kappa shape index (κ3) is 49.5. The maximum atomic E-state index is 12.5. The van der Waals surface area contributed by atoms with Crippen molar-refractivity contribution in [1.29, 1.82) is 0 Å². The summed E-state index contributed by atoms with van der Waals surface area (Å²) in [5.41, 5.74) is 0. The van der Waals surface area contributed by atoms with Crippen LogP contribution in [0, 0.1) is 0 Å². The quantitative estimate of drug-likeness (QED) is 0.0321. The summed E-state index contributed by atoms with van der Waals surface area (Å²) in [6.45, 7) is 4.86. The van der Waals surface area contributed by atoms with Crippen LogP contribution in [0.2, 0.25) is 0 Å². The number of unbranched alkanes of at least 4 members (excludes halogenated alkanes) is 37. The van der Waals surface area contributed by atoms with Crippen molar-refractivity contribution in [3.63, 3.8) is 0 Å². The lowest BCUT2D eigenvalue weighted by Gasteiger charge is -2.20. The summed E-state index contributed by atoms with van der Waals surface area (Å²) in [5.74, 6) is -0.102. The summed E-state index contributed by atoms with van der Waals surface area (Å²) in [6, 6.07) is -0.640. The van der Waals surface area contributed by atoms with E-state index in [9.17, 15) is 19.8 Å². The van der Waals surface area contributed by atoms with Crippen molar-refractivity contribution in [2.45, 2.75) is 309 Å². The molecule has 2 unspecified atom stereocenters. The fourth-order valence-corrected chi connectivity index (χ4v) is 8.50. The van der Waals surface area contributed by atoms with Crippen LogP contribution >= 0.6 is 0 Å². The Hall–Kier alpha value is -1.92. The molecule has 0 aromatic carbocycles. The second kappa shape index (κ2) is 53.7. The third-order valence-electron chi connectivity index (χ3n) is 12.9. The number of aliphatic hydroxyl groups excluding tert-OH is 2. The molecule has 0 bridgehead atoms. The van der Waals surface area contributed by atoms with Crippen LogP contribution in [0.4, 0.5) is 0 Å². The number of allylic oxidation sites excluding steroid dienone is 5. The highest BCUT2D eigenvalue weighted by molar-refractivity contribution is 5.76. The Balaban J connectivity index is 3.51. The minimum atomic E-state index is -0.855. The van der Waals surface area contributed by atoms with Gasteiger partial charge in [0, 0.05) is 12.8 Å². The van der Waals surface area contributed by atoms with Crippen molar-refractivity contribution in [2.24, 2.45) is 0 Å². The molecule has 0 saturated heterocycles. The van der Waals surface area contributed by atoms with E-state index in [1.54, 1.807) is 6.08 Å². The van der Waals surface area contributed by atoms with Crippen molar-refractivity contribution in [3.05, 3.63) is 36.5 Å². The van der Waals surface area contributed by atoms with Crippen LogP contribution in [-0.4, -0.2) is 47.4 Å². The standard InChI is InChI=1S/C58H109NO5/c1-3-5-7-9-11-13-15-17-19-20-23-26-30-34-38-42-46-50-56(61)55(54-60)59-57(62)51-47-43-39-35-31-27-24-21-25-29-33-37-41-45-49-53-64-58(63)52-48-44-40-36-32-28-22-18-16-14-12-10-8-6-4-2/h18,22,25,29,46,50,55-56,60-61H,3-17,19-21,23-24,26-28,30-45,47-49,51-54H2,1-2H3,(H,59,62)/b22-18-,29-25-,50-46+. The van der Waals surface area contributed by atoms with Crippen molar-refractivity contribution in [1.82, 2.24) is 5.32 Å². The Morgan fingerprint density at radius 3 is 1.11 bits per heavy atom. The Morgan fingerprint density at radius 1 is 0.422 bits per heavy atom. The maximum Gasteiger partial charge on any atom is 0.305 e. The van der Waals surface area contributed by atoms with Gasteiger partial charge in [-0.3, -0.25) is 9.59 Å². The first kappa shape index (κ1) is 62.1. The molecule has 0 fully saturated rings. The van der Waals surface area contributed by atoms with E-state index in [1.165, 1.54) is 199 Å². The zero-order chi connectivity index (χ0) is 46.5. The molecule has 64 heavy (non-hydrogen) atoms. The average molecular weight is 901 g/mol. The molecular weight excluding hydrogens is 791 g/mol. The van der Waals surface area contributed by atoms with Crippen molar-refractivity contribution in [3.8, 4) is 0 Å². The molecule has 6 heteroatoms. The van der Waals surface area contributed by atoms with Gasteiger partial charge in [-0.15, -0.1) is 0 Å². The van der Waals surface area contributed by atoms with Crippen LogP contribution in [0.15, 0.2) is 36.5 Å². The van der Waals surface area contributed by atoms with Crippen LogP contribution < -0.4 is 5.32 Å². The molecule has 376 valence electrons. The lowest BCUT2D eigenvalue weighted by atomic mass is 10.0. The van der Waals surface area contributed by atoms with Gasteiger partial charge in [-0.1, -0.05) is 237 Å². The molecule has 6 nitrogen and oxygen atoms in total. The van der Waals surface area contributed by atoms with Gasteiger partial charge in [0.25, 0.3) is 0 Å². The minimum Gasteiger partial charge on any atom is -0.466 e. The number of carbonyl (C=O) groups is 2. The Kier molecular flexibility index (Phi) is 52.1. The monoisotopic (exact) mass is 900 g/mol. The molecule has 0 heterocycles. The molecule has 0 aliphatic heterocycles. The normalized spacial score (nSPS) is 12.9. The number of hydrogen-bond donors (Lipinski definition) is 3. The number of ether oxygens (including phenoxy) is 1. The second-order valence-electron chi connectivity index (χ2n) is 19.3. The summed E-state index contributed by atoms with van der Waals surface area (Å²) >= 11 is 0. The molecule has 0 rings (SSSR count). The highest BCUT2D eigenvalue weighted by Gasteiger charge is 2.18.